The average Bonchev–Trinajstić information content (AvgIpc) is 2.23. The Morgan fingerprint density at radius 3 is 2.53 bits per heavy atom. The number of halogens is 1. The minimum atomic E-state index is -1.70. The highest BCUT2D eigenvalue weighted by atomic mass is 19.1. The zero-order valence-corrected chi connectivity index (χ0v) is 7.77. The maximum Gasteiger partial charge on any atom is 0.339 e. The van der Waals surface area contributed by atoms with E-state index in [2.05, 4.69) is 4.74 Å². The Bertz CT molecular complexity index is 367. The fraction of sp³-hybridized carbons (Fsp3) is 0.222. The molecule has 1 aromatic carbocycles. The van der Waals surface area contributed by atoms with E-state index >= 15 is 0 Å². The highest BCUT2D eigenvalue weighted by molar-refractivity contribution is 5.76. The third-order valence-corrected chi connectivity index (χ3v) is 1.81. The molecule has 0 saturated carbocycles. The Morgan fingerprint density at radius 2 is 2.07 bits per heavy atom. The van der Waals surface area contributed by atoms with Gasteiger partial charge in [0.1, 0.15) is 0 Å². The molecule has 0 saturated heterocycles. The summed E-state index contributed by atoms with van der Waals surface area (Å²) in [5.74, 6) is -3.81. The van der Waals surface area contributed by atoms with Crippen molar-refractivity contribution in [1.29, 1.82) is 0 Å². The van der Waals surface area contributed by atoms with Gasteiger partial charge < -0.3 is 20.1 Å². The first-order valence-corrected chi connectivity index (χ1v) is 3.94. The monoisotopic (exact) mass is 216 g/mol. The lowest BCUT2D eigenvalue weighted by Gasteiger charge is -2.09. The number of benzene rings is 1. The van der Waals surface area contributed by atoms with E-state index in [0.717, 1.165) is 19.2 Å². The lowest BCUT2D eigenvalue weighted by molar-refractivity contribution is -0.150. The molecule has 1 unspecified atom stereocenters. The molecule has 6 heteroatoms. The molecule has 15 heavy (non-hydrogen) atoms. The quantitative estimate of drug-likeness (QED) is 0.493. The predicted octanol–water partition coefficient (Wildman–Crippen LogP) is 0.443. The van der Waals surface area contributed by atoms with Crippen LogP contribution in [0.4, 0.5) is 4.39 Å². The summed E-state index contributed by atoms with van der Waals surface area (Å²) in [6.07, 6.45) is -1.70. The molecular formula is C9H9FO5. The van der Waals surface area contributed by atoms with Crippen LogP contribution >= 0.6 is 0 Å². The van der Waals surface area contributed by atoms with Crippen molar-refractivity contribution in [3.05, 3.63) is 23.5 Å². The minimum absolute atomic E-state index is 0.199. The van der Waals surface area contributed by atoms with Gasteiger partial charge in [-0.1, -0.05) is 0 Å². The molecule has 0 aliphatic rings. The number of aliphatic hydroxyl groups excluding tert-OH is 1. The van der Waals surface area contributed by atoms with Gasteiger partial charge in [-0.15, -0.1) is 0 Å². The van der Waals surface area contributed by atoms with Crippen molar-refractivity contribution < 1.29 is 29.2 Å². The summed E-state index contributed by atoms with van der Waals surface area (Å²) in [6.45, 7) is 0. The highest BCUT2D eigenvalue weighted by Gasteiger charge is 2.21. The molecule has 1 rings (SSSR count). The van der Waals surface area contributed by atoms with Crippen LogP contribution in [0.3, 0.4) is 0 Å². The van der Waals surface area contributed by atoms with Crippen LogP contribution in [0.15, 0.2) is 12.1 Å². The number of rotatable bonds is 2. The number of aromatic hydroxyl groups is 2. The zero-order chi connectivity index (χ0) is 11.6. The Morgan fingerprint density at radius 1 is 1.47 bits per heavy atom. The molecule has 0 spiro atoms. The standard InChI is InChI=1S/C9H9FO5/c1-15-9(14)7(12)4-2-5(10)8(13)6(11)3-4/h2-3,7,11-13H,1H3. The van der Waals surface area contributed by atoms with Gasteiger partial charge in [-0.2, -0.15) is 0 Å². The fourth-order valence-corrected chi connectivity index (χ4v) is 1.01. The van der Waals surface area contributed by atoms with Gasteiger partial charge in [0.15, 0.2) is 23.4 Å². The zero-order valence-electron chi connectivity index (χ0n) is 7.77. The van der Waals surface area contributed by atoms with Crippen LogP contribution in [0.25, 0.3) is 0 Å². The van der Waals surface area contributed by atoms with Gasteiger partial charge in [0.25, 0.3) is 0 Å². The number of esters is 1. The Labute approximate surface area is 84.3 Å². The third kappa shape index (κ3) is 2.16. The van der Waals surface area contributed by atoms with Crippen molar-refractivity contribution in [2.75, 3.05) is 7.11 Å². The molecule has 3 N–H and O–H groups in total. The second kappa shape index (κ2) is 4.14. The molecule has 82 valence electrons. The van der Waals surface area contributed by atoms with Crippen molar-refractivity contribution in [2.24, 2.45) is 0 Å². The van der Waals surface area contributed by atoms with E-state index in [-0.39, 0.29) is 5.56 Å². The molecule has 0 bridgehead atoms. The number of methoxy groups -OCH3 is 1. The number of hydrogen-bond donors (Lipinski definition) is 3. The second-order valence-electron chi connectivity index (χ2n) is 2.80. The number of aliphatic hydroxyl groups is 1. The molecule has 0 radical (unpaired) electrons. The van der Waals surface area contributed by atoms with Crippen molar-refractivity contribution in [3.8, 4) is 11.5 Å². The Hall–Kier alpha value is -1.82. The van der Waals surface area contributed by atoms with Gasteiger partial charge in [0.2, 0.25) is 0 Å². The first-order valence-electron chi connectivity index (χ1n) is 3.94. The van der Waals surface area contributed by atoms with E-state index in [1.807, 2.05) is 0 Å². The summed E-state index contributed by atoms with van der Waals surface area (Å²) in [5.41, 5.74) is -0.199. The van der Waals surface area contributed by atoms with E-state index in [4.69, 9.17) is 10.2 Å². The molecule has 0 fully saturated rings. The minimum Gasteiger partial charge on any atom is -0.504 e. The molecule has 5 nitrogen and oxygen atoms in total. The summed E-state index contributed by atoms with van der Waals surface area (Å²) < 4.78 is 17.1. The first kappa shape index (κ1) is 11.3. The molecule has 1 atom stereocenters. The van der Waals surface area contributed by atoms with Crippen LogP contribution in [0.5, 0.6) is 11.5 Å². The van der Waals surface area contributed by atoms with Gasteiger partial charge in [-0.3, -0.25) is 0 Å². The lowest BCUT2D eigenvalue weighted by Crippen LogP contribution is -2.13. The lowest BCUT2D eigenvalue weighted by atomic mass is 10.1. The SMILES string of the molecule is COC(=O)C(O)c1cc(O)c(O)c(F)c1. The topological polar surface area (TPSA) is 87.0 Å². The van der Waals surface area contributed by atoms with Gasteiger partial charge >= 0.3 is 5.97 Å². The Balaban J connectivity index is 3.11. The van der Waals surface area contributed by atoms with Crippen molar-refractivity contribution >= 4 is 5.97 Å². The second-order valence-corrected chi connectivity index (χ2v) is 2.80. The molecule has 0 amide bonds. The van der Waals surface area contributed by atoms with Crippen LogP contribution in [-0.2, 0) is 9.53 Å². The van der Waals surface area contributed by atoms with Gasteiger partial charge in [0.05, 0.1) is 7.11 Å². The number of hydrogen-bond acceptors (Lipinski definition) is 5. The molecule has 0 aliphatic carbocycles. The smallest absolute Gasteiger partial charge is 0.339 e. The van der Waals surface area contributed by atoms with Crippen LogP contribution in [0, 0.1) is 5.82 Å². The maximum atomic E-state index is 12.9. The predicted molar refractivity (Wildman–Crippen MR) is 46.7 cm³/mol. The average molecular weight is 216 g/mol. The summed E-state index contributed by atoms with van der Waals surface area (Å²) in [6, 6.07) is 1.61. The molecule has 0 heterocycles. The fourth-order valence-electron chi connectivity index (χ4n) is 1.01. The molecule has 1 aromatic rings. The van der Waals surface area contributed by atoms with E-state index in [0.29, 0.717) is 0 Å². The number of ether oxygens (including phenoxy) is 1. The normalized spacial score (nSPS) is 12.2. The van der Waals surface area contributed by atoms with Crippen LogP contribution < -0.4 is 0 Å². The summed E-state index contributed by atoms with van der Waals surface area (Å²) in [4.78, 5) is 10.9. The van der Waals surface area contributed by atoms with Crippen LogP contribution in [0.1, 0.15) is 11.7 Å². The van der Waals surface area contributed by atoms with Crippen molar-refractivity contribution in [3.63, 3.8) is 0 Å². The summed E-state index contributed by atoms with van der Waals surface area (Å²) in [7, 11) is 1.06. The van der Waals surface area contributed by atoms with E-state index in [9.17, 15) is 14.3 Å². The van der Waals surface area contributed by atoms with Crippen LogP contribution in [0.2, 0.25) is 0 Å². The Kier molecular flexibility index (Phi) is 3.11. The van der Waals surface area contributed by atoms with Crippen LogP contribution in [-0.4, -0.2) is 28.4 Å². The maximum absolute atomic E-state index is 12.9. The van der Waals surface area contributed by atoms with E-state index in [1.54, 1.807) is 0 Å². The van der Waals surface area contributed by atoms with Crippen molar-refractivity contribution in [1.82, 2.24) is 0 Å². The molecule has 0 aliphatic heterocycles. The van der Waals surface area contributed by atoms with Gasteiger partial charge in [0, 0.05) is 0 Å². The number of carbonyl (C=O) groups excluding carboxylic acids is 1. The molecule has 0 aromatic heterocycles. The number of carbonyl (C=O) groups is 1. The van der Waals surface area contributed by atoms with Gasteiger partial charge in [-0.05, 0) is 17.7 Å². The highest BCUT2D eigenvalue weighted by Crippen LogP contribution is 2.31. The summed E-state index contributed by atoms with van der Waals surface area (Å²) in [5, 5.41) is 27.2. The van der Waals surface area contributed by atoms with E-state index in [1.165, 1.54) is 0 Å². The van der Waals surface area contributed by atoms with Crippen molar-refractivity contribution in [2.45, 2.75) is 6.10 Å². The largest absolute Gasteiger partial charge is 0.504 e. The van der Waals surface area contributed by atoms with E-state index < -0.39 is 29.4 Å². The first-order chi connectivity index (χ1) is 6.97. The third-order valence-electron chi connectivity index (χ3n) is 1.81. The van der Waals surface area contributed by atoms with Gasteiger partial charge in [-0.25, -0.2) is 9.18 Å². The number of phenolic OH excluding ortho intramolecular Hbond substituents is 2. The summed E-state index contributed by atoms with van der Waals surface area (Å²) >= 11 is 0. The number of phenols is 2. The molecular weight excluding hydrogens is 207 g/mol.